The SMILES string of the molecule is CCC/C(N)=C(/C)CC. The highest BCUT2D eigenvalue weighted by atomic mass is 14.6. The van der Waals surface area contributed by atoms with E-state index in [1.807, 2.05) is 0 Å². The van der Waals surface area contributed by atoms with Gasteiger partial charge in [-0.05, 0) is 19.8 Å². The van der Waals surface area contributed by atoms with E-state index in [9.17, 15) is 0 Å². The molecule has 0 atom stereocenters. The predicted molar refractivity (Wildman–Crippen MR) is 42.1 cm³/mol. The Labute approximate surface area is 57.9 Å². The van der Waals surface area contributed by atoms with Crippen LogP contribution in [-0.2, 0) is 0 Å². The average Bonchev–Trinajstić information content (AvgIpc) is 1.87. The molecule has 9 heavy (non-hydrogen) atoms. The number of nitrogens with two attached hydrogens (primary N) is 1. The molecule has 0 heterocycles. The zero-order chi connectivity index (χ0) is 7.28. The zero-order valence-corrected chi connectivity index (χ0v) is 6.70. The van der Waals surface area contributed by atoms with Crippen LogP contribution in [0, 0.1) is 0 Å². The Kier molecular flexibility index (Phi) is 4.20. The molecule has 0 bridgehead atoms. The zero-order valence-electron chi connectivity index (χ0n) is 6.70. The van der Waals surface area contributed by atoms with Gasteiger partial charge in [-0.15, -0.1) is 0 Å². The van der Waals surface area contributed by atoms with Crippen LogP contribution in [0.4, 0.5) is 0 Å². The summed E-state index contributed by atoms with van der Waals surface area (Å²) in [5, 5.41) is 0. The van der Waals surface area contributed by atoms with Crippen LogP contribution in [0.5, 0.6) is 0 Å². The molecule has 0 rings (SSSR count). The summed E-state index contributed by atoms with van der Waals surface area (Å²) in [7, 11) is 0. The molecule has 0 amide bonds. The quantitative estimate of drug-likeness (QED) is 0.619. The lowest BCUT2D eigenvalue weighted by Gasteiger charge is -2.02. The van der Waals surface area contributed by atoms with E-state index in [4.69, 9.17) is 5.73 Å². The summed E-state index contributed by atoms with van der Waals surface area (Å²) in [6.45, 7) is 6.39. The Hall–Kier alpha value is -0.460. The van der Waals surface area contributed by atoms with Crippen LogP contribution >= 0.6 is 0 Å². The Morgan fingerprint density at radius 2 is 1.89 bits per heavy atom. The van der Waals surface area contributed by atoms with Gasteiger partial charge in [0.2, 0.25) is 0 Å². The molecule has 0 aromatic rings. The van der Waals surface area contributed by atoms with Crippen LogP contribution in [0.2, 0.25) is 0 Å². The smallest absolute Gasteiger partial charge is 0.00693 e. The van der Waals surface area contributed by atoms with E-state index in [-0.39, 0.29) is 0 Å². The Balaban J connectivity index is 3.78. The van der Waals surface area contributed by atoms with Gasteiger partial charge in [0.25, 0.3) is 0 Å². The Bertz CT molecular complexity index is 103. The standard InChI is InChI=1S/C8H17N/c1-4-6-8(9)7(3)5-2/h4-6,9H2,1-3H3/b8-7+. The largest absolute Gasteiger partial charge is 0.402 e. The molecule has 0 saturated carbocycles. The van der Waals surface area contributed by atoms with E-state index < -0.39 is 0 Å². The summed E-state index contributed by atoms with van der Waals surface area (Å²) < 4.78 is 0. The van der Waals surface area contributed by atoms with Gasteiger partial charge in [0.15, 0.2) is 0 Å². The molecule has 2 N–H and O–H groups in total. The van der Waals surface area contributed by atoms with Gasteiger partial charge in [-0.2, -0.15) is 0 Å². The summed E-state index contributed by atoms with van der Waals surface area (Å²) >= 11 is 0. The van der Waals surface area contributed by atoms with Gasteiger partial charge in [-0.25, -0.2) is 0 Å². The first-order chi connectivity index (χ1) is 4.22. The molecule has 0 aliphatic carbocycles. The molecule has 54 valence electrons. The molecule has 0 aromatic heterocycles. The third-order valence-corrected chi connectivity index (χ3v) is 1.60. The molecule has 0 radical (unpaired) electrons. The van der Waals surface area contributed by atoms with Crippen molar-refractivity contribution in [2.24, 2.45) is 5.73 Å². The van der Waals surface area contributed by atoms with Crippen molar-refractivity contribution in [3.05, 3.63) is 11.3 Å². The summed E-state index contributed by atoms with van der Waals surface area (Å²) in [6, 6.07) is 0. The van der Waals surface area contributed by atoms with Crippen molar-refractivity contribution >= 4 is 0 Å². The second kappa shape index (κ2) is 4.42. The van der Waals surface area contributed by atoms with Gasteiger partial charge in [0.05, 0.1) is 0 Å². The highest BCUT2D eigenvalue weighted by Crippen LogP contribution is 2.07. The molecule has 0 aromatic carbocycles. The monoisotopic (exact) mass is 127 g/mol. The number of allylic oxidation sites excluding steroid dienone is 2. The van der Waals surface area contributed by atoms with E-state index in [2.05, 4.69) is 20.8 Å². The van der Waals surface area contributed by atoms with Gasteiger partial charge in [0.1, 0.15) is 0 Å². The number of rotatable bonds is 3. The Morgan fingerprint density at radius 1 is 1.33 bits per heavy atom. The molecular weight excluding hydrogens is 110 g/mol. The molecule has 1 heteroatoms. The van der Waals surface area contributed by atoms with Crippen LogP contribution < -0.4 is 5.73 Å². The highest BCUT2D eigenvalue weighted by Gasteiger charge is 1.91. The van der Waals surface area contributed by atoms with Crippen LogP contribution in [0.15, 0.2) is 11.3 Å². The van der Waals surface area contributed by atoms with E-state index in [0.717, 1.165) is 25.0 Å². The average molecular weight is 127 g/mol. The fourth-order valence-corrected chi connectivity index (χ4v) is 0.710. The molecule has 0 saturated heterocycles. The molecule has 0 unspecified atom stereocenters. The van der Waals surface area contributed by atoms with Crippen molar-refractivity contribution in [1.29, 1.82) is 0 Å². The van der Waals surface area contributed by atoms with E-state index in [1.165, 1.54) is 5.57 Å². The minimum Gasteiger partial charge on any atom is -0.402 e. The van der Waals surface area contributed by atoms with Gasteiger partial charge in [-0.1, -0.05) is 25.8 Å². The third-order valence-electron chi connectivity index (χ3n) is 1.60. The van der Waals surface area contributed by atoms with Crippen LogP contribution in [-0.4, -0.2) is 0 Å². The van der Waals surface area contributed by atoms with Gasteiger partial charge in [0, 0.05) is 5.70 Å². The molecule has 0 fully saturated rings. The van der Waals surface area contributed by atoms with Gasteiger partial charge >= 0.3 is 0 Å². The number of hydrogen-bond donors (Lipinski definition) is 1. The van der Waals surface area contributed by atoms with E-state index in [1.54, 1.807) is 0 Å². The first-order valence-corrected chi connectivity index (χ1v) is 3.66. The molecule has 0 spiro atoms. The second-order valence-corrected chi connectivity index (χ2v) is 2.41. The summed E-state index contributed by atoms with van der Waals surface area (Å²) in [5.74, 6) is 0. The molecule has 0 aliphatic heterocycles. The minimum atomic E-state index is 1.06. The summed E-state index contributed by atoms with van der Waals surface area (Å²) in [6.07, 6.45) is 3.30. The lowest BCUT2D eigenvalue weighted by atomic mass is 10.1. The van der Waals surface area contributed by atoms with Crippen LogP contribution in [0.1, 0.15) is 40.0 Å². The predicted octanol–water partition coefficient (Wildman–Crippen LogP) is 2.43. The van der Waals surface area contributed by atoms with Crippen molar-refractivity contribution in [2.45, 2.75) is 40.0 Å². The fourth-order valence-electron chi connectivity index (χ4n) is 0.710. The Morgan fingerprint density at radius 3 is 2.22 bits per heavy atom. The normalized spacial score (nSPS) is 13.2. The van der Waals surface area contributed by atoms with Crippen molar-refractivity contribution in [1.82, 2.24) is 0 Å². The van der Waals surface area contributed by atoms with E-state index in [0.29, 0.717) is 0 Å². The van der Waals surface area contributed by atoms with Crippen molar-refractivity contribution in [3.8, 4) is 0 Å². The molecule has 0 aliphatic rings. The maximum atomic E-state index is 5.72. The summed E-state index contributed by atoms with van der Waals surface area (Å²) in [5.41, 5.74) is 8.15. The first kappa shape index (κ1) is 8.54. The van der Waals surface area contributed by atoms with Crippen molar-refractivity contribution < 1.29 is 0 Å². The van der Waals surface area contributed by atoms with Gasteiger partial charge < -0.3 is 5.73 Å². The number of hydrogen-bond acceptors (Lipinski definition) is 1. The molecular formula is C8H17N. The topological polar surface area (TPSA) is 26.0 Å². The van der Waals surface area contributed by atoms with Gasteiger partial charge in [-0.3, -0.25) is 0 Å². The fraction of sp³-hybridized carbons (Fsp3) is 0.750. The highest BCUT2D eigenvalue weighted by molar-refractivity contribution is 5.07. The third kappa shape index (κ3) is 3.17. The first-order valence-electron chi connectivity index (χ1n) is 3.66. The van der Waals surface area contributed by atoms with Crippen LogP contribution in [0.25, 0.3) is 0 Å². The maximum absolute atomic E-state index is 5.72. The van der Waals surface area contributed by atoms with Crippen molar-refractivity contribution in [3.63, 3.8) is 0 Å². The minimum absolute atomic E-state index is 1.06. The maximum Gasteiger partial charge on any atom is 0.00693 e. The second-order valence-electron chi connectivity index (χ2n) is 2.41. The lowest BCUT2D eigenvalue weighted by molar-refractivity contribution is 0.861. The molecule has 1 nitrogen and oxygen atoms in total. The summed E-state index contributed by atoms with van der Waals surface area (Å²) in [4.78, 5) is 0. The lowest BCUT2D eigenvalue weighted by Crippen LogP contribution is -1.99. The van der Waals surface area contributed by atoms with E-state index >= 15 is 0 Å². The van der Waals surface area contributed by atoms with Crippen molar-refractivity contribution in [2.75, 3.05) is 0 Å². The van der Waals surface area contributed by atoms with Crippen LogP contribution in [0.3, 0.4) is 0 Å².